The van der Waals surface area contributed by atoms with Crippen molar-refractivity contribution in [1.29, 1.82) is 5.26 Å². The Hall–Kier alpha value is -2.89. The van der Waals surface area contributed by atoms with Gasteiger partial charge in [0.05, 0.1) is 30.3 Å². The van der Waals surface area contributed by atoms with Gasteiger partial charge in [-0.1, -0.05) is 0 Å². The number of anilines is 1. The van der Waals surface area contributed by atoms with E-state index in [0.717, 1.165) is 6.07 Å². The second-order valence-electron chi connectivity index (χ2n) is 4.95. The number of nitrogens with one attached hydrogen (secondary N) is 1. The molecule has 0 unspecified atom stereocenters. The average Bonchev–Trinajstić information content (AvgIpc) is 2.83. The number of hydrogen-bond acceptors (Lipinski definition) is 3. The van der Waals surface area contributed by atoms with Gasteiger partial charge < -0.3 is 5.32 Å². The lowest BCUT2D eigenvalue weighted by Gasteiger charge is -2.11. The lowest BCUT2D eigenvalue weighted by Crippen LogP contribution is -2.17. The lowest BCUT2D eigenvalue weighted by molar-refractivity contribution is -0.140. The summed E-state index contributed by atoms with van der Waals surface area (Å²) in [6.45, 7) is 1.88. The van der Waals surface area contributed by atoms with E-state index in [1.54, 1.807) is 6.92 Å². The molecule has 5 nitrogen and oxygen atoms in total. The van der Waals surface area contributed by atoms with Gasteiger partial charge in [-0.25, -0.2) is 9.07 Å². The van der Waals surface area contributed by atoms with Crippen molar-refractivity contribution in [2.75, 3.05) is 5.32 Å². The first-order chi connectivity index (χ1) is 11.2. The molecule has 0 aliphatic carbocycles. The van der Waals surface area contributed by atoms with Gasteiger partial charge in [0.1, 0.15) is 11.6 Å². The first-order valence-electron chi connectivity index (χ1n) is 6.82. The van der Waals surface area contributed by atoms with Crippen LogP contribution in [0.25, 0.3) is 0 Å². The van der Waals surface area contributed by atoms with E-state index >= 15 is 0 Å². The fourth-order valence-electron chi connectivity index (χ4n) is 2.04. The summed E-state index contributed by atoms with van der Waals surface area (Å²) in [5.41, 5.74) is -1.28. The number of amides is 1. The van der Waals surface area contributed by atoms with Crippen molar-refractivity contribution in [1.82, 2.24) is 9.78 Å². The summed E-state index contributed by atoms with van der Waals surface area (Å²) < 4.78 is 52.8. The molecule has 2 aromatic rings. The number of carbonyl (C=O) groups excluding carboxylic acids is 1. The average molecular weight is 340 g/mol. The summed E-state index contributed by atoms with van der Waals surface area (Å²) in [5, 5.41) is 15.1. The molecule has 0 radical (unpaired) electrons. The quantitative estimate of drug-likeness (QED) is 0.866. The Morgan fingerprint density at radius 2 is 2.08 bits per heavy atom. The van der Waals surface area contributed by atoms with Gasteiger partial charge in [0.2, 0.25) is 0 Å². The third-order valence-electron chi connectivity index (χ3n) is 3.11. The molecule has 1 amide bonds. The second kappa shape index (κ2) is 6.70. The molecule has 9 heteroatoms. The van der Waals surface area contributed by atoms with Gasteiger partial charge in [-0.15, -0.1) is 0 Å². The number of rotatable bonds is 4. The van der Waals surface area contributed by atoms with Crippen LogP contribution in [0.5, 0.6) is 0 Å². The molecular formula is C15H12F4N4O. The van der Waals surface area contributed by atoms with E-state index in [9.17, 15) is 22.4 Å². The van der Waals surface area contributed by atoms with E-state index in [4.69, 9.17) is 5.26 Å². The number of alkyl halides is 3. The Labute approximate surface area is 134 Å². The zero-order chi connectivity index (χ0) is 17.9. The molecule has 0 atom stereocenters. The van der Waals surface area contributed by atoms with E-state index < -0.39 is 23.5 Å². The van der Waals surface area contributed by atoms with Crippen molar-refractivity contribution in [3.8, 4) is 6.07 Å². The monoisotopic (exact) mass is 340 g/mol. The van der Waals surface area contributed by atoms with E-state index in [-0.39, 0.29) is 24.3 Å². The Balaban J connectivity index is 2.27. The summed E-state index contributed by atoms with van der Waals surface area (Å²) in [4.78, 5) is 12.1. The van der Waals surface area contributed by atoms with Crippen LogP contribution in [-0.4, -0.2) is 15.7 Å². The topological polar surface area (TPSA) is 70.7 Å². The van der Waals surface area contributed by atoms with Crippen molar-refractivity contribution < 1.29 is 22.4 Å². The predicted molar refractivity (Wildman–Crippen MR) is 76.5 cm³/mol. The molecular weight excluding hydrogens is 328 g/mol. The summed E-state index contributed by atoms with van der Waals surface area (Å²) in [6, 6.07) is 5.45. The molecule has 0 saturated carbocycles. The third-order valence-corrected chi connectivity index (χ3v) is 3.11. The fourth-order valence-corrected chi connectivity index (χ4v) is 2.04. The van der Waals surface area contributed by atoms with Crippen LogP contribution in [0.3, 0.4) is 0 Å². The highest BCUT2D eigenvalue weighted by molar-refractivity contribution is 6.04. The molecule has 0 aliphatic rings. The van der Waals surface area contributed by atoms with E-state index in [0.29, 0.717) is 17.8 Å². The van der Waals surface area contributed by atoms with Gasteiger partial charge in [0.25, 0.3) is 5.91 Å². The van der Waals surface area contributed by atoms with E-state index in [1.807, 2.05) is 6.07 Å². The standard InChI is InChI=1S/C15H12F4N4O/c1-9-7-13(23(22-9)6-2-5-20)21-14(24)10-3-4-12(16)11(8-10)15(17,18)19/h3-4,7-8H,2,6H2,1H3,(H,21,24). The Bertz CT molecular complexity index is 805. The van der Waals surface area contributed by atoms with Crippen LogP contribution in [0.15, 0.2) is 24.3 Å². The van der Waals surface area contributed by atoms with Crippen molar-refractivity contribution in [3.63, 3.8) is 0 Å². The van der Waals surface area contributed by atoms with Crippen LogP contribution in [0, 0.1) is 24.1 Å². The van der Waals surface area contributed by atoms with E-state index in [2.05, 4.69) is 10.4 Å². The molecule has 24 heavy (non-hydrogen) atoms. The number of nitriles is 1. The summed E-state index contributed by atoms with van der Waals surface area (Å²) in [6.07, 6.45) is -4.75. The van der Waals surface area contributed by atoms with Crippen molar-refractivity contribution in [3.05, 3.63) is 46.9 Å². The minimum absolute atomic E-state index is 0.152. The maximum atomic E-state index is 13.3. The van der Waals surface area contributed by atoms with Gasteiger partial charge in [0.15, 0.2) is 0 Å². The highest BCUT2D eigenvalue weighted by atomic mass is 19.4. The molecule has 2 rings (SSSR count). The maximum Gasteiger partial charge on any atom is 0.419 e. The molecule has 0 fully saturated rings. The second-order valence-corrected chi connectivity index (χ2v) is 4.95. The zero-order valence-electron chi connectivity index (χ0n) is 12.5. The summed E-state index contributed by atoms with van der Waals surface area (Å²) in [5.74, 6) is -2.04. The largest absolute Gasteiger partial charge is 0.419 e. The third kappa shape index (κ3) is 3.90. The highest BCUT2D eigenvalue weighted by Crippen LogP contribution is 2.32. The smallest absolute Gasteiger partial charge is 0.307 e. The molecule has 0 spiro atoms. The maximum absolute atomic E-state index is 13.3. The molecule has 1 N–H and O–H groups in total. The number of nitrogens with zero attached hydrogens (tertiary/aromatic N) is 3. The molecule has 1 aromatic carbocycles. The summed E-state index contributed by atoms with van der Waals surface area (Å²) in [7, 11) is 0. The number of carbonyl (C=O) groups is 1. The zero-order valence-corrected chi connectivity index (χ0v) is 12.5. The Morgan fingerprint density at radius 3 is 2.71 bits per heavy atom. The highest BCUT2D eigenvalue weighted by Gasteiger charge is 2.34. The van der Waals surface area contributed by atoms with Crippen LogP contribution < -0.4 is 5.32 Å². The van der Waals surface area contributed by atoms with Crippen LogP contribution in [0.2, 0.25) is 0 Å². The van der Waals surface area contributed by atoms with Crippen LogP contribution in [-0.2, 0) is 12.7 Å². The molecule has 1 aromatic heterocycles. The first kappa shape index (κ1) is 17.5. The number of aryl methyl sites for hydroxylation is 2. The molecule has 1 heterocycles. The number of halogens is 4. The SMILES string of the molecule is Cc1cc(NC(=O)c2ccc(F)c(C(F)(F)F)c2)n(CCC#N)n1. The number of benzene rings is 1. The van der Waals surface area contributed by atoms with Crippen molar-refractivity contribution in [2.24, 2.45) is 0 Å². The normalized spacial score (nSPS) is 11.2. The first-order valence-corrected chi connectivity index (χ1v) is 6.82. The number of aromatic nitrogens is 2. The van der Waals surface area contributed by atoms with Gasteiger partial charge in [-0.3, -0.25) is 4.79 Å². The lowest BCUT2D eigenvalue weighted by atomic mass is 10.1. The van der Waals surface area contributed by atoms with Gasteiger partial charge >= 0.3 is 6.18 Å². The molecule has 0 bridgehead atoms. The Morgan fingerprint density at radius 1 is 1.38 bits per heavy atom. The Kier molecular flexibility index (Phi) is 4.87. The van der Waals surface area contributed by atoms with Crippen molar-refractivity contribution in [2.45, 2.75) is 26.1 Å². The fraction of sp³-hybridized carbons (Fsp3) is 0.267. The minimum Gasteiger partial charge on any atom is -0.307 e. The van der Waals surface area contributed by atoms with Crippen LogP contribution in [0.4, 0.5) is 23.4 Å². The van der Waals surface area contributed by atoms with Gasteiger partial charge in [0, 0.05) is 11.6 Å². The molecule has 0 saturated heterocycles. The van der Waals surface area contributed by atoms with E-state index in [1.165, 1.54) is 10.7 Å². The number of hydrogen-bond donors (Lipinski definition) is 1. The van der Waals surface area contributed by atoms with Crippen LogP contribution >= 0.6 is 0 Å². The predicted octanol–water partition coefficient (Wildman–Crippen LogP) is 3.52. The molecule has 0 aliphatic heterocycles. The van der Waals surface area contributed by atoms with Crippen molar-refractivity contribution >= 4 is 11.7 Å². The van der Waals surface area contributed by atoms with Gasteiger partial charge in [-0.2, -0.15) is 23.5 Å². The van der Waals surface area contributed by atoms with Crippen LogP contribution in [0.1, 0.15) is 28.0 Å². The van der Waals surface area contributed by atoms with Gasteiger partial charge in [-0.05, 0) is 25.1 Å². The minimum atomic E-state index is -4.90. The summed E-state index contributed by atoms with van der Waals surface area (Å²) >= 11 is 0. The molecule has 126 valence electrons.